The minimum absolute atomic E-state index is 0.116. The van der Waals surface area contributed by atoms with Crippen LogP contribution in [0, 0.1) is 5.92 Å². The molecule has 1 aliphatic heterocycles. The SMILES string of the molecule is CC1(C)CC(C(=O)O)CCN1c1ccc(Br)cc1. The van der Waals surface area contributed by atoms with E-state index in [0.29, 0.717) is 6.42 Å². The summed E-state index contributed by atoms with van der Waals surface area (Å²) in [6.07, 6.45) is 1.41. The zero-order valence-electron chi connectivity index (χ0n) is 10.7. The number of piperidine rings is 1. The van der Waals surface area contributed by atoms with Crippen molar-refractivity contribution < 1.29 is 9.90 Å². The van der Waals surface area contributed by atoms with Crippen molar-refractivity contribution in [2.24, 2.45) is 5.92 Å². The van der Waals surface area contributed by atoms with Gasteiger partial charge in [0.05, 0.1) is 5.92 Å². The van der Waals surface area contributed by atoms with Crippen LogP contribution in [-0.4, -0.2) is 23.2 Å². The van der Waals surface area contributed by atoms with Crippen LogP contribution in [0.25, 0.3) is 0 Å². The number of nitrogens with zero attached hydrogens (tertiary/aromatic N) is 1. The second-order valence-electron chi connectivity index (χ2n) is 5.47. The molecule has 0 amide bonds. The summed E-state index contributed by atoms with van der Waals surface area (Å²) in [7, 11) is 0. The van der Waals surface area contributed by atoms with Gasteiger partial charge in [-0.1, -0.05) is 15.9 Å². The second kappa shape index (κ2) is 4.92. The number of carboxylic acid groups (broad SMARTS) is 1. The Bertz CT molecular complexity index is 442. The Balaban J connectivity index is 2.20. The van der Waals surface area contributed by atoms with E-state index < -0.39 is 5.97 Å². The van der Waals surface area contributed by atoms with E-state index in [1.165, 1.54) is 0 Å². The average molecular weight is 312 g/mol. The molecule has 1 fully saturated rings. The van der Waals surface area contributed by atoms with Crippen LogP contribution in [0.5, 0.6) is 0 Å². The fourth-order valence-electron chi connectivity index (χ4n) is 2.71. The lowest BCUT2D eigenvalue weighted by molar-refractivity contribution is -0.143. The molecule has 1 aliphatic rings. The van der Waals surface area contributed by atoms with Crippen molar-refractivity contribution in [1.82, 2.24) is 0 Å². The summed E-state index contributed by atoms with van der Waals surface area (Å²) in [6.45, 7) is 5.03. The maximum Gasteiger partial charge on any atom is 0.306 e. The van der Waals surface area contributed by atoms with Gasteiger partial charge in [-0.3, -0.25) is 4.79 Å². The number of hydrogen-bond donors (Lipinski definition) is 1. The van der Waals surface area contributed by atoms with E-state index in [1.54, 1.807) is 0 Å². The van der Waals surface area contributed by atoms with E-state index in [4.69, 9.17) is 5.11 Å². The van der Waals surface area contributed by atoms with Crippen molar-refractivity contribution in [3.63, 3.8) is 0 Å². The highest BCUT2D eigenvalue weighted by molar-refractivity contribution is 9.10. The quantitative estimate of drug-likeness (QED) is 0.908. The normalized spacial score (nSPS) is 22.8. The minimum Gasteiger partial charge on any atom is -0.481 e. The zero-order chi connectivity index (χ0) is 13.3. The summed E-state index contributed by atoms with van der Waals surface area (Å²) in [5.74, 6) is -0.884. The van der Waals surface area contributed by atoms with Crippen molar-refractivity contribution in [2.75, 3.05) is 11.4 Å². The Labute approximate surface area is 116 Å². The van der Waals surface area contributed by atoms with Gasteiger partial charge in [-0.05, 0) is 51.0 Å². The topological polar surface area (TPSA) is 40.5 Å². The Morgan fingerprint density at radius 1 is 1.39 bits per heavy atom. The van der Waals surface area contributed by atoms with E-state index >= 15 is 0 Å². The van der Waals surface area contributed by atoms with Crippen LogP contribution in [0.3, 0.4) is 0 Å². The van der Waals surface area contributed by atoms with Crippen LogP contribution in [0.4, 0.5) is 5.69 Å². The third kappa shape index (κ3) is 2.69. The highest BCUT2D eigenvalue weighted by Gasteiger charge is 2.37. The molecule has 1 saturated heterocycles. The molecule has 98 valence electrons. The van der Waals surface area contributed by atoms with Crippen LogP contribution >= 0.6 is 15.9 Å². The van der Waals surface area contributed by atoms with E-state index in [9.17, 15) is 4.79 Å². The summed E-state index contributed by atoms with van der Waals surface area (Å²) in [6, 6.07) is 8.20. The van der Waals surface area contributed by atoms with Crippen LogP contribution in [-0.2, 0) is 4.79 Å². The summed E-state index contributed by atoms with van der Waals surface area (Å²) in [5, 5.41) is 9.14. The number of halogens is 1. The Morgan fingerprint density at radius 2 is 2.00 bits per heavy atom. The maximum atomic E-state index is 11.1. The predicted octanol–water partition coefficient (Wildman–Crippen LogP) is 3.53. The van der Waals surface area contributed by atoms with Crippen molar-refractivity contribution in [3.8, 4) is 0 Å². The monoisotopic (exact) mass is 311 g/mol. The molecule has 0 spiro atoms. The predicted molar refractivity (Wildman–Crippen MR) is 75.9 cm³/mol. The first-order chi connectivity index (χ1) is 8.40. The van der Waals surface area contributed by atoms with Gasteiger partial charge < -0.3 is 10.0 Å². The molecule has 1 unspecified atom stereocenters. The smallest absolute Gasteiger partial charge is 0.306 e. The largest absolute Gasteiger partial charge is 0.481 e. The number of carboxylic acids is 1. The molecule has 4 heteroatoms. The van der Waals surface area contributed by atoms with Gasteiger partial charge in [0.1, 0.15) is 0 Å². The molecule has 0 radical (unpaired) electrons. The van der Waals surface area contributed by atoms with Gasteiger partial charge >= 0.3 is 5.97 Å². The minimum atomic E-state index is -0.668. The van der Waals surface area contributed by atoms with Gasteiger partial charge in [0.15, 0.2) is 0 Å². The molecule has 3 nitrogen and oxygen atoms in total. The van der Waals surface area contributed by atoms with Crippen LogP contribution in [0.15, 0.2) is 28.7 Å². The third-order valence-electron chi connectivity index (χ3n) is 3.67. The molecule has 1 atom stereocenters. The number of rotatable bonds is 2. The summed E-state index contributed by atoms with van der Waals surface area (Å²) in [5.41, 5.74) is 1.04. The van der Waals surface area contributed by atoms with Crippen molar-refractivity contribution >= 4 is 27.6 Å². The fourth-order valence-corrected chi connectivity index (χ4v) is 2.98. The lowest BCUT2D eigenvalue weighted by Gasteiger charge is -2.46. The molecule has 1 aromatic rings. The summed E-state index contributed by atoms with van der Waals surface area (Å²) >= 11 is 3.43. The summed E-state index contributed by atoms with van der Waals surface area (Å²) < 4.78 is 1.06. The molecule has 1 N–H and O–H groups in total. The first kappa shape index (κ1) is 13.4. The summed E-state index contributed by atoms with van der Waals surface area (Å²) in [4.78, 5) is 13.4. The molecular weight excluding hydrogens is 294 g/mol. The zero-order valence-corrected chi connectivity index (χ0v) is 12.3. The van der Waals surface area contributed by atoms with Gasteiger partial charge in [-0.15, -0.1) is 0 Å². The van der Waals surface area contributed by atoms with E-state index in [0.717, 1.165) is 23.1 Å². The fraction of sp³-hybridized carbons (Fsp3) is 0.500. The van der Waals surface area contributed by atoms with Crippen LogP contribution in [0.1, 0.15) is 26.7 Å². The highest BCUT2D eigenvalue weighted by Crippen LogP contribution is 2.35. The molecule has 0 bridgehead atoms. The number of benzene rings is 1. The maximum absolute atomic E-state index is 11.1. The van der Waals surface area contributed by atoms with Crippen molar-refractivity contribution in [3.05, 3.63) is 28.7 Å². The Kier molecular flexibility index (Phi) is 3.66. The Hall–Kier alpha value is -1.03. The van der Waals surface area contributed by atoms with Crippen molar-refractivity contribution in [1.29, 1.82) is 0 Å². The molecule has 0 aromatic heterocycles. The average Bonchev–Trinajstić information content (AvgIpc) is 2.29. The van der Waals surface area contributed by atoms with Gasteiger partial charge in [0, 0.05) is 22.2 Å². The van der Waals surface area contributed by atoms with Crippen molar-refractivity contribution in [2.45, 2.75) is 32.2 Å². The van der Waals surface area contributed by atoms with Gasteiger partial charge in [-0.2, -0.15) is 0 Å². The van der Waals surface area contributed by atoms with Crippen LogP contribution < -0.4 is 4.90 Å². The lowest BCUT2D eigenvalue weighted by Crippen LogP contribution is -2.51. The number of hydrogen-bond acceptors (Lipinski definition) is 2. The highest BCUT2D eigenvalue weighted by atomic mass is 79.9. The second-order valence-corrected chi connectivity index (χ2v) is 6.38. The number of carbonyl (C=O) groups is 1. The number of anilines is 1. The molecule has 0 aliphatic carbocycles. The Morgan fingerprint density at radius 3 is 2.50 bits per heavy atom. The van der Waals surface area contributed by atoms with Crippen LogP contribution in [0.2, 0.25) is 0 Å². The third-order valence-corrected chi connectivity index (χ3v) is 4.19. The number of aliphatic carboxylic acids is 1. The van der Waals surface area contributed by atoms with Gasteiger partial charge in [-0.25, -0.2) is 0 Å². The molecule has 18 heavy (non-hydrogen) atoms. The molecule has 1 aromatic carbocycles. The van der Waals surface area contributed by atoms with Gasteiger partial charge in [0.25, 0.3) is 0 Å². The van der Waals surface area contributed by atoms with E-state index in [1.807, 2.05) is 12.1 Å². The van der Waals surface area contributed by atoms with Gasteiger partial charge in [0.2, 0.25) is 0 Å². The first-order valence-electron chi connectivity index (χ1n) is 6.16. The molecule has 1 heterocycles. The van der Waals surface area contributed by atoms with E-state index in [-0.39, 0.29) is 11.5 Å². The standard InChI is InChI=1S/C14H18BrNO2/c1-14(2)9-10(13(17)18)7-8-16(14)12-5-3-11(15)4-6-12/h3-6,10H,7-9H2,1-2H3,(H,17,18). The lowest BCUT2D eigenvalue weighted by atomic mass is 9.82. The molecular formula is C14H18BrNO2. The molecule has 0 saturated carbocycles. The van der Waals surface area contributed by atoms with E-state index in [2.05, 4.69) is 46.8 Å². The first-order valence-corrected chi connectivity index (χ1v) is 6.95. The molecule has 2 rings (SSSR count).